The van der Waals surface area contributed by atoms with E-state index >= 15 is 0 Å². The van der Waals surface area contributed by atoms with E-state index in [4.69, 9.17) is 0 Å². The van der Waals surface area contributed by atoms with Crippen LogP contribution in [-0.2, 0) is 10.0 Å². The Kier molecular flexibility index (Phi) is 6.26. The summed E-state index contributed by atoms with van der Waals surface area (Å²) in [5.74, 6) is -0.0269. The van der Waals surface area contributed by atoms with E-state index in [-0.39, 0.29) is 5.91 Å². The molecule has 1 saturated heterocycles. The first-order valence-electron chi connectivity index (χ1n) is 10.5. The number of hydrogen-bond donors (Lipinski definition) is 0. The summed E-state index contributed by atoms with van der Waals surface area (Å²) in [4.78, 5) is 17.2. The van der Waals surface area contributed by atoms with E-state index in [1.54, 1.807) is 41.8 Å². The average molecular weight is 470 g/mol. The second-order valence-corrected chi connectivity index (χ2v) is 11.1. The first kappa shape index (κ1) is 22.4. The highest BCUT2D eigenvalue weighted by Crippen LogP contribution is 2.26. The van der Waals surface area contributed by atoms with Crippen LogP contribution < -0.4 is 9.21 Å². The highest BCUT2D eigenvalue weighted by atomic mass is 32.2. The molecule has 8 heteroatoms. The molecule has 0 aliphatic carbocycles. The van der Waals surface area contributed by atoms with Gasteiger partial charge in [-0.1, -0.05) is 18.2 Å². The Morgan fingerprint density at radius 3 is 2.25 bits per heavy atom. The lowest BCUT2D eigenvalue weighted by molar-refractivity contribution is 0.0747. The van der Waals surface area contributed by atoms with Crippen molar-refractivity contribution < 1.29 is 13.2 Å². The van der Waals surface area contributed by atoms with Crippen LogP contribution in [-0.4, -0.2) is 52.5 Å². The van der Waals surface area contributed by atoms with Crippen molar-refractivity contribution in [2.24, 2.45) is 0 Å². The second kappa shape index (κ2) is 8.96. The highest BCUT2D eigenvalue weighted by Gasteiger charge is 2.25. The lowest BCUT2D eigenvalue weighted by Gasteiger charge is -2.37. The Morgan fingerprint density at radius 1 is 0.938 bits per heavy atom. The number of anilines is 2. The number of rotatable bonds is 5. The lowest BCUT2D eigenvalue weighted by atomic mass is 10.1. The number of sulfonamides is 1. The standard InChI is InChI=1S/C24H27N3O3S2/c1-18-6-4-7-22(19(18)2)26-13-15-27(16-14-26)24(28)20-9-11-21(12-10-20)25(3)32(29,30)23-8-5-17-31-23/h4-12,17H,13-16H2,1-3H3. The van der Waals surface area contributed by atoms with Gasteiger partial charge in [0.05, 0.1) is 5.69 Å². The zero-order valence-electron chi connectivity index (χ0n) is 18.5. The molecule has 0 N–H and O–H groups in total. The molecule has 4 rings (SSSR count). The molecule has 1 aromatic heterocycles. The Balaban J connectivity index is 1.42. The van der Waals surface area contributed by atoms with Gasteiger partial charge < -0.3 is 9.80 Å². The third-order valence-corrected chi connectivity index (χ3v) is 9.23. The largest absolute Gasteiger partial charge is 0.368 e. The van der Waals surface area contributed by atoms with Crippen molar-refractivity contribution in [2.75, 3.05) is 42.4 Å². The number of benzene rings is 2. The molecule has 0 atom stereocenters. The SMILES string of the molecule is Cc1cccc(N2CCN(C(=O)c3ccc(N(C)S(=O)(=O)c4cccs4)cc3)CC2)c1C. The first-order valence-corrected chi connectivity index (χ1v) is 12.8. The van der Waals surface area contributed by atoms with Crippen molar-refractivity contribution >= 4 is 38.6 Å². The quantitative estimate of drug-likeness (QED) is 0.563. The van der Waals surface area contributed by atoms with Gasteiger partial charge in [-0.05, 0) is 66.8 Å². The molecule has 1 amide bonds. The van der Waals surface area contributed by atoms with Gasteiger partial charge in [-0.3, -0.25) is 9.10 Å². The number of amides is 1. The number of hydrogen-bond acceptors (Lipinski definition) is 5. The van der Waals surface area contributed by atoms with E-state index in [2.05, 4.69) is 36.9 Å². The Morgan fingerprint density at radius 2 is 1.62 bits per heavy atom. The predicted molar refractivity (Wildman–Crippen MR) is 130 cm³/mol. The maximum Gasteiger partial charge on any atom is 0.273 e. The Labute approximate surface area is 193 Å². The van der Waals surface area contributed by atoms with Gasteiger partial charge in [0, 0.05) is 44.5 Å². The van der Waals surface area contributed by atoms with Gasteiger partial charge in [-0.15, -0.1) is 11.3 Å². The number of carbonyl (C=O) groups is 1. The van der Waals surface area contributed by atoms with Crippen LogP contribution in [0.3, 0.4) is 0 Å². The molecule has 3 aromatic rings. The monoisotopic (exact) mass is 469 g/mol. The summed E-state index contributed by atoms with van der Waals surface area (Å²) < 4.78 is 27.0. The molecule has 0 unspecified atom stereocenters. The summed E-state index contributed by atoms with van der Waals surface area (Å²) in [6, 6.07) is 16.4. The minimum atomic E-state index is -3.59. The maximum absolute atomic E-state index is 13.0. The van der Waals surface area contributed by atoms with Crippen LogP contribution in [0.15, 0.2) is 64.2 Å². The average Bonchev–Trinajstić information content (AvgIpc) is 3.36. The zero-order valence-corrected chi connectivity index (χ0v) is 20.1. The van der Waals surface area contributed by atoms with Crippen LogP contribution in [0.4, 0.5) is 11.4 Å². The second-order valence-electron chi connectivity index (χ2n) is 7.95. The smallest absolute Gasteiger partial charge is 0.273 e. The molecule has 0 bridgehead atoms. The van der Waals surface area contributed by atoms with E-state index in [9.17, 15) is 13.2 Å². The van der Waals surface area contributed by atoms with Crippen molar-refractivity contribution in [3.63, 3.8) is 0 Å². The van der Waals surface area contributed by atoms with E-state index in [0.717, 1.165) is 13.1 Å². The molecule has 1 aliphatic heterocycles. The van der Waals surface area contributed by atoms with Crippen molar-refractivity contribution in [3.05, 3.63) is 76.7 Å². The zero-order chi connectivity index (χ0) is 22.9. The topological polar surface area (TPSA) is 60.9 Å². The molecule has 0 saturated carbocycles. The number of nitrogens with zero attached hydrogens (tertiary/aromatic N) is 3. The molecule has 6 nitrogen and oxygen atoms in total. The predicted octanol–water partition coefficient (Wildman–Crippen LogP) is 4.15. The van der Waals surface area contributed by atoms with E-state index in [0.29, 0.717) is 28.5 Å². The Hall–Kier alpha value is -2.84. The fourth-order valence-electron chi connectivity index (χ4n) is 3.91. The van der Waals surface area contributed by atoms with Crippen molar-refractivity contribution in [3.8, 4) is 0 Å². The van der Waals surface area contributed by atoms with Crippen molar-refractivity contribution in [1.29, 1.82) is 0 Å². The van der Waals surface area contributed by atoms with Crippen LogP contribution in [0.1, 0.15) is 21.5 Å². The van der Waals surface area contributed by atoms with Gasteiger partial charge in [0.1, 0.15) is 4.21 Å². The van der Waals surface area contributed by atoms with Crippen molar-refractivity contribution in [2.45, 2.75) is 18.1 Å². The first-order chi connectivity index (χ1) is 15.3. The number of aryl methyl sites for hydroxylation is 1. The third-order valence-electron chi connectivity index (χ3n) is 6.07. The Bertz CT molecular complexity index is 1200. The van der Waals surface area contributed by atoms with E-state index in [1.807, 2.05) is 4.90 Å². The number of piperazine rings is 1. The molecule has 0 spiro atoms. The summed E-state index contributed by atoms with van der Waals surface area (Å²) >= 11 is 1.19. The summed E-state index contributed by atoms with van der Waals surface area (Å²) in [5.41, 5.74) is 4.87. The van der Waals surface area contributed by atoms with Gasteiger partial charge >= 0.3 is 0 Å². The van der Waals surface area contributed by atoms with Crippen LogP contribution in [0.5, 0.6) is 0 Å². The van der Waals surface area contributed by atoms with E-state index in [1.165, 1.54) is 39.5 Å². The summed E-state index contributed by atoms with van der Waals surface area (Å²) in [5, 5.41) is 1.74. The highest BCUT2D eigenvalue weighted by molar-refractivity contribution is 7.94. The summed E-state index contributed by atoms with van der Waals surface area (Å²) in [6.45, 7) is 7.14. The minimum absolute atomic E-state index is 0.0269. The van der Waals surface area contributed by atoms with Gasteiger partial charge in [0.25, 0.3) is 15.9 Å². The van der Waals surface area contributed by atoms with Crippen LogP contribution >= 0.6 is 11.3 Å². The third kappa shape index (κ3) is 4.25. The summed E-state index contributed by atoms with van der Waals surface area (Å²) in [6.07, 6.45) is 0. The normalized spacial score (nSPS) is 14.5. The van der Waals surface area contributed by atoms with Gasteiger partial charge in [0.15, 0.2) is 0 Å². The minimum Gasteiger partial charge on any atom is -0.368 e. The molecule has 32 heavy (non-hydrogen) atoms. The fraction of sp³-hybridized carbons (Fsp3) is 0.292. The number of thiophene rings is 1. The molecule has 2 aromatic carbocycles. The lowest BCUT2D eigenvalue weighted by Crippen LogP contribution is -2.49. The fourth-order valence-corrected chi connectivity index (χ4v) is 6.27. The van der Waals surface area contributed by atoms with Gasteiger partial charge in [-0.25, -0.2) is 8.42 Å². The van der Waals surface area contributed by atoms with Crippen molar-refractivity contribution in [1.82, 2.24) is 4.90 Å². The maximum atomic E-state index is 13.0. The van der Waals surface area contributed by atoms with Gasteiger partial charge in [0.2, 0.25) is 0 Å². The molecule has 1 fully saturated rings. The molecular formula is C24H27N3O3S2. The van der Waals surface area contributed by atoms with E-state index < -0.39 is 10.0 Å². The number of carbonyl (C=O) groups excluding carboxylic acids is 1. The van der Waals surface area contributed by atoms with Crippen LogP contribution in [0, 0.1) is 13.8 Å². The van der Waals surface area contributed by atoms with Gasteiger partial charge in [-0.2, -0.15) is 0 Å². The van der Waals surface area contributed by atoms with Crippen LogP contribution in [0.2, 0.25) is 0 Å². The molecule has 2 heterocycles. The molecule has 0 radical (unpaired) electrons. The molecular weight excluding hydrogens is 442 g/mol. The molecule has 168 valence electrons. The summed E-state index contributed by atoms with van der Waals surface area (Å²) in [7, 11) is -2.06. The van der Waals surface area contributed by atoms with Crippen LogP contribution in [0.25, 0.3) is 0 Å². The molecule has 1 aliphatic rings.